The third kappa shape index (κ3) is 3.25. The summed E-state index contributed by atoms with van der Waals surface area (Å²) < 4.78 is 12.3. The standard InChI is InChI=1S/C13H14N2O4/c1-18-11-4-2-3-5-12(11)19-9-8-15-7-6-10(14-15)13(16)17/h2-7H,8-9H2,1H3,(H,16,17). The van der Waals surface area contributed by atoms with E-state index in [1.165, 1.54) is 10.7 Å². The van der Waals surface area contributed by atoms with Gasteiger partial charge in [-0.2, -0.15) is 5.10 Å². The Morgan fingerprint density at radius 2 is 2.05 bits per heavy atom. The first kappa shape index (κ1) is 12.9. The van der Waals surface area contributed by atoms with Gasteiger partial charge < -0.3 is 14.6 Å². The number of ether oxygens (including phenoxy) is 2. The maximum atomic E-state index is 10.7. The van der Waals surface area contributed by atoms with Crippen LogP contribution in [0.3, 0.4) is 0 Å². The van der Waals surface area contributed by atoms with Gasteiger partial charge in [-0.25, -0.2) is 4.79 Å². The summed E-state index contributed by atoms with van der Waals surface area (Å²) in [5.74, 6) is 0.272. The normalized spacial score (nSPS) is 10.2. The summed E-state index contributed by atoms with van der Waals surface area (Å²) in [6.45, 7) is 0.840. The minimum absolute atomic E-state index is 0.0253. The van der Waals surface area contributed by atoms with Crippen LogP contribution in [0.5, 0.6) is 11.5 Å². The SMILES string of the molecule is COc1ccccc1OCCn1ccc(C(=O)O)n1. The summed E-state index contributed by atoms with van der Waals surface area (Å²) in [4.78, 5) is 10.7. The van der Waals surface area contributed by atoms with E-state index < -0.39 is 5.97 Å². The Hall–Kier alpha value is -2.50. The van der Waals surface area contributed by atoms with Gasteiger partial charge >= 0.3 is 5.97 Å². The van der Waals surface area contributed by atoms with Crippen molar-refractivity contribution < 1.29 is 19.4 Å². The second-order valence-electron chi connectivity index (χ2n) is 3.77. The topological polar surface area (TPSA) is 73.6 Å². The van der Waals surface area contributed by atoms with Crippen molar-refractivity contribution in [3.8, 4) is 11.5 Å². The van der Waals surface area contributed by atoms with Gasteiger partial charge in [0.1, 0.15) is 6.61 Å². The molecule has 6 heteroatoms. The monoisotopic (exact) mass is 262 g/mol. The van der Waals surface area contributed by atoms with E-state index in [0.717, 1.165) is 0 Å². The number of benzene rings is 1. The second kappa shape index (κ2) is 5.90. The zero-order valence-corrected chi connectivity index (χ0v) is 10.4. The molecule has 0 atom stereocenters. The lowest BCUT2D eigenvalue weighted by atomic mass is 10.3. The predicted octanol–water partition coefficient (Wildman–Crippen LogP) is 1.67. The van der Waals surface area contributed by atoms with Crippen molar-refractivity contribution >= 4 is 5.97 Å². The molecule has 0 saturated heterocycles. The molecular weight excluding hydrogens is 248 g/mol. The highest BCUT2D eigenvalue weighted by Crippen LogP contribution is 2.25. The van der Waals surface area contributed by atoms with Crippen LogP contribution >= 0.6 is 0 Å². The molecule has 0 bridgehead atoms. The fourth-order valence-electron chi connectivity index (χ4n) is 1.59. The number of carbonyl (C=O) groups is 1. The number of nitrogens with zero attached hydrogens (tertiary/aromatic N) is 2. The molecule has 0 aliphatic rings. The van der Waals surface area contributed by atoms with Crippen molar-refractivity contribution in [2.75, 3.05) is 13.7 Å². The van der Waals surface area contributed by atoms with Gasteiger partial charge in [-0.05, 0) is 18.2 Å². The van der Waals surface area contributed by atoms with E-state index in [1.54, 1.807) is 13.3 Å². The van der Waals surface area contributed by atoms with E-state index in [-0.39, 0.29) is 5.69 Å². The lowest BCUT2D eigenvalue weighted by Gasteiger charge is -2.10. The number of rotatable bonds is 6. The van der Waals surface area contributed by atoms with E-state index in [4.69, 9.17) is 14.6 Å². The van der Waals surface area contributed by atoms with Crippen LogP contribution in [0.25, 0.3) is 0 Å². The Morgan fingerprint density at radius 1 is 1.32 bits per heavy atom. The van der Waals surface area contributed by atoms with Crippen LogP contribution in [0.1, 0.15) is 10.5 Å². The third-order valence-corrected chi connectivity index (χ3v) is 2.51. The molecule has 0 aliphatic heterocycles. The van der Waals surface area contributed by atoms with E-state index >= 15 is 0 Å². The van der Waals surface area contributed by atoms with Crippen LogP contribution in [0, 0.1) is 0 Å². The van der Waals surface area contributed by atoms with Crippen LogP contribution in [0.15, 0.2) is 36.5 Å². The Kier molecular flexibility index (Phi) is 4.02. The summed E-state index contributed by atoms with van der Waals surface area (Å²) in [5, 5.41) is 12.6. The quantitative estimate of drug-likeness (QED) is 0.857. The molecule has 1 aromatic heterocycles. The van der Waals surface area contributed by atoms with Crippen LogP contribution in [-0.4, -0.2) is 34.6 Å². The fourth-order valence-corrected chi connectivity index (χ4v) is 1.59. The van der Waals surface area contributed by atoms with Gasteiger partial charge in [0.2, 0.25) is 0 Å². The molecule has 1 aromatic carbocycles. The summed E-state index contributed by atoms with van der Waals surface area (Å²) in [5.41, 5.74) is 0.0253. The summed E-state index contributed by atoms with van der Waals surface area (Å²) in [7, 11) is 1.58. The average molecular weight is 262 g/mol. The molecule has 0 spiro atoms. The van der Waals surface area contributed by atoms with E-state index in [1.807, 2.05) is 24.3 Å². The highest BCUT2D eigenvalue weighted by Gasteiger charge is 2.07. The number of methoxy groups -OCH3 is 1. The first-order chi connectivity index (χ1) is 9.20. The first-order valence-electron chi connectivity index (χ1n) is 5.73. The van der Waals surface area contributed by atoms with Crippen molar-refractivity contribution in [2.45, 2.75) is 6.54 Å². The molecule has 1 N–H and O–H groups in total. The van der Waals surface area contributed by atoms with Crippen molar-refractivity contribution in [3.63, 3.8) is 0 Å². The molecule has 2 aromatic rings. The Labute approximate surface area is 110 Å². The Morgan fingerprint density at radius 3 is 2.68 bits per heavy atom. The number of hydrogen-bond acceptors (Lipinski definition) is 4. The van der Waals surface area contributed by atoms with Gasteiger partial charge in [0, 0.05) is 6.20 Å². The molecule has 100 valence electrons. The lowest BCUT2D eigenvalue weighted by molar-refractivity contribution is 0.0689. The zero-order chi connectivity index (χ0) is 13.7. The van der Waals surface area contributed by atoms with E-state index in [2.05, 4.69) is 5.10 Å². The maximum Gasteiger partial charge on any atom is 0.356 e. The Balaban J connectivity index is 1.90. The van der Waals surface area contributed by atoms with Gasteiger partial charge in [0.05, 0.1) is 13.7 Å². The van der Waals surface area contributed by atoms with Crippen molar-refractivity contribution in [3.05, 3.63) is 42.2 Å². The molecule has 0 fully saturated rings. The van der Waals surface area contributed by atoms with E-state index in [9.17, 15) is 4.79 Å². The van der Waals surface area contributed by atoms with Gasteiger partial charge in [-0.1, -0.05) is 12.1 Å². The van der Waals surface area contributed by atoms with Gasteiger partial charge in [-0.15, -0.1) is 0 Å². The lowest BCUT2D eigenvalue weighted by Crippen LogP contribution is -2.10. The fraction of sp³-hybridized carbons (Fsp3) is 0.231. The van der Waals surface area contributed by atoms with Gasteiger partial charge in [-0.3, -0.25) is 4.68 Å². The van der Waals surface area contributed by atoms with Crippen molar-refractivity contribution in [1.82, 2.24) is 9.78 Å². The average Bonchev–Trinajstić information content (AvgIpc) is 2.88. The number of hydrogen-bond donors (Lipinski definition) is 1. The number of aromatic nitrogens is 2. The highest BCUT2D eigenvalue weighted by atomic mass is 16.5. The summed E-state index contributed by atoms with van der Waals surface area (Å²) >= 11 is 0. The largest absolute Gasteiger partial charge is 0.493 e. The molecule has 0 unspecified atom stereocenters. The minimum atomic E-state index is -1.04. The number of carboxylic acids is 1. The first-order valence-corrected chi connectivity index (χ1v) is 5.73. The predicted molar refractivity (Wildman–Crippen MR) is 67.7 cm³/mol. The van der Waals surface area contributed by atoms with E-state index in [0.29, 0.717) is 24.7 Å². The molecule has 0 aliphatic carbocycles. The molecule has 6 nitrogen and oxygen atoms in total. The number of para-hydroxylation sites is 2. The Bertz CT molecular complexity index is 565. The van der Waals surface area contributed by atoms with Crippen LogP contribution in [-0.2, 0) is 6.54 Å². The minimum Gasteiger partial charge on any atom is -0.493 e. The molecule has 0 saturated carbocycles. The zero-order valence-electron chi connectivity index (χ0n) is 10.4. The van der Waals surface area contributed by atoms with Gasteiger partial charge in [0.15, 0.2) is 17.2 Å². The van der Waals surface area contributed by atoms with Crippen LogP contribution in [0.2, 0.25) is 0 Å². The smallest absolute Gasteiger partial charge is 0.356 e. The second-order valence-corrected chi connectivity index (χ2v) is 3.77. The van der Waals surface area contributed by atoms with Crippen molar-refractivity contribution in [1.29, 1.82) is 0 Å². The molecule has 2 rings (SSSR count). The number of carboxylic acid groups (broad SMARTS) is 1. The van der Waals surface area contributed by atoms with Crippen molar-refractivity contribution in [2.24, 2.45) is 0 Å². The molecule has 1 heterocycles. The van der Waals surface area contributed by atoms with Crippen LogP contribution in [0.4, 0.5) is 0 Å². The summed E-state index contributed by atoms with van der Waals surface area (Å²) in [6.07, 6.45) is 1.61. The number of aromatic carboxylic acids is 1. The molecule has 19 heavy (non-hydrogen) atoms. The molecule has 0 radical (unpaired) electrons. The maximum absolute atomic E-state index is 10.7. The van der Waals surface area contributed by atoms with Gasteiger partial charge in [0.25, 0.3) is 0 Å². The van der Waals surface area contributed by atoms with Crippen LogP contribution < -0.4 is 9.47 Å². The highest BCUT2D eigenvalue weighted by molar-refractivity contribution is 5.84. The molecular formula is C13H14N2O4. The third-order valence-electron chi connectivity index (χ3n) is 2.51. The molecule has 0 amide bonds. The summed E-state index contributed by atoms with van der Waals surface area (Å²) in [6, 6.07) is 8.79.